The molecule has 0 unspecified atom stereocenters. The fraction of sp³-hybridized carbons (Fsp3) is 0.0769. The van der Waals surface area contributed by atoms with E-state index in [0.717, 1.165) is 0 Å². The summed E-state index contributed by atoms with van der Waals surface area (Å²) >= 11 is 0. The minimum Gasteiger partial charge on any atom is -0.507 e. The van der Waals surface area contributed by atoms with Gasteiger partial charge in [-0.15, -0.1) is 0 Å². The van der Waals surface area contributed by atoms with Crippen molar-refractivity contribution < 1.29 is 9.52 Å². The number of hydrogen-bond acceptors (Lipinski definition) is 4. The molecule has 2 rings (SSSR count). The van der Waals surface area contributed by atoms with Crippen molar-refractivity contribution in [3.05, 3.63) is 58.1 Å². The van der Waals surface area contributed by atoms with Gasteiger partial charge in [-0.1, -0.05) is 18.2 Å². The summed E-state index contributed by atoms with van der Waals surface area (Å²) in [4.78, 5) is 15.5. The molecule has 0 bridgehead atoms. The van der Waals surface area contributed by atoms with Crippen molar-refractivity contribution in [2.75, 3.05) is 0 Å². The van der Waals surface area contributed by atoms with E-state index < -0.39 is 5.63 Å². The Bertz CT molecular complexity index is 600. The molecule has 0 saturated heterocycles. The van der Waals surface area contributed by atoms with Gasteiger partial charge in [-0.3, -0.25) is 4.99 Å². The molecule has 1 aromatic heterocycles. The Morgan fingerprint density at radius 2 is 2.00 bits per heavy atom. The van der Waals surface area contributed by atoms with Crippen LogP contribution in [0.3, 0.4) is 0 Å². The van der Waals surface area contributed by atoms with Crippen molar-refractivity contribution in [3.8, 4) is 5.75 Å². The predicted octanol–water partition coefficient (Wildman–Crippen LogP) is 2.40. The third-order valence-electron chi connectivity index (χ3n) is 2.19. The van der Waals surface area contributed by atoms with Crippen molar-refractivity contribution in [1.29, 1.82) is 0 Å². The van der Waals surface area contributed by atoms with Crippen LogP contribution in [0, 0.1) is 6.92 Å². The molecule has 0 aliphatic rings. The monoisotopic (exact) mass is 229 g/mol. The highest BCUT2D eigenvalue weighted by atomic mass is 16.4. The first-order valence-electron chi connectivity index (χ1n) is 5.09. The van der Waals surface area contributed by atoms with Gasteiger partial charge in [-0.05, 0) is 19.1 Å². The van der Waals surface area contributed by atoms with Crippen LogP contribution < -0.4 is 5.63 Å². The number of rotatable bonds is 2. The van der Waals surface area contributed by atoms with Gasteiger partial charge in [0.2, 0.25) is 0 Å². The number of aliphatic imine (C=N–C) groups is 1. The molecule has 1 N–H and O–H groups in total. The first-order chi connectivity index (χ1) is 8.16. The normalized spacial score (nSPS) is 10.9. The maximum absolute atomic E-state index is 11.5. The second-order valence-electron chi connectivity index (χ2n) is 3.54. The Kier molecular flexibility index (Phi) is 3.05. The molecule has 86 valence electrons. The number of para-hydroxylation sites is 1. The number of benzene rings is 1. The molecule has 0 spiro atoms. The average molecular weight is 229 g/mol. The average Bonchev–Trinajstić information content (AvgIpc) is 2.29. The second-order valence-corrected chi connectivity index (χ2v) is 3.54. The summed E-state index contributed by atoms with van der Waals surface area (Å²) in [6.45, 7) is 1.60. The van der Waals surface area contributed by atoms with Crippen LogP contribution in [0.1, 0.15) is 11.3 Å². The minimum atomic E-state index is -0.595. The summed E-state index contributed by atoms with van der Waals surface area (Å²) in [5.41, 5.74) is 0.161. The van der Waals surface area contributed by atoms with Crippen LogP contribution in [0.25, 0.3) is 0 Å². The van der Waals surface area contributed by atoms with Crippen LogP contribution in [-0.2, 0) is 0 Å². The van der Waals surface area contributed by atoms with E-state index in [2.05, 4.69) is 4.99 Å². The zero-order valence-corrected chi connectivity index (χ0v) is 9.25. The van der Waals surface area contributed by atoms with Gasteiger partial charge in [0, 0.05) is 12.3 Å². The van der Waals surface area contributed by atoms with E-state index in [4.69, 9.17) is 4.42 Å². The molecule has 1 heterocycles. The molecule has 0 radical (unpaired) electrons. The highest BCUT2D eigenvalue weighted by Crippen LogP contribution is 2.14. The smallest absolute Gasteiger partial charge is 0.348 e. The van der Waals surface area contributed by atoms with Gasteiger partial charge in [0.25, 0.3) is 0 Å². The molecular weight excluding hydrogens is 218 g/mol. The lowest BCUT2D eigenvalue weighted by Crippen LogP contribution is -2.07. The van der Waals surface area contributed by atoms with E-state index in [1.54, 1.807) is 19.1 Å². The highest BCUT2D eigenvalue weighted by Gasteiger charge is 2.06. The fourth-order valence-corrected chi connectivity index (χ4v) is 1.38. The van der Waals surface area contributed by atoms with Gasteiger partial charge in [0.1, 0.15) is 17.1 Å². The Balaban J connectivity index is 2.37. The number of hydrogen-bond donors (Lipinski definition) is 1. The van der Waals surface area contributed by atoms with E-state index in [9.17, 15) is 9.90 Å². The van der Waals surface area contributed by atoms with Gasteiger partial charge in [0.15, 0.2) is 0 Å². The Morgan fingerprint density at radius 1 is 1.29 bits per heavy atom. The molecule has 1 aromatic carbocycles. The van der Waals surface area contributed by atoms with Gasteiger partial charge < -0.3 is 9.52 Å². The van der Waals surface area contributed by atoms with E-state index in [1.165, 1.54) is 12.3 Å². The quantitative estimate of drug-likeness (QED) is 0.804. The van der Waals surface area contributed by atoms with Crippen molar-refractivity contribution in [2.45, 2.75) is 6.92 Å². The highest BCUT2D eigenvalue weighted by molar-refractivity contribution is 5.84. The Hall–Kier alpha value is -2.36. The first-order valence-corrected chi connectivity index (χ1v) is 5.09. The molecule has 4 heteroatoms. The summed E-state index contributed by atoms with van der Waals surface area (Å²) in [7, 11) is 0. The number of nitrogens with zero attached hydrogens (tertiary/aromatic N) is 1. The van der Waals surface area contributed by atoms with Crippen molar-refractivity contribution in [2.24, 2.45) is 4.99 Å². The molecule has 0 saturated carbocycles. The SMILES string of the molecule is Cc1cc(O)c(C=Nc2ccccc2)c(=O)o1. The molecule has 2 aromatic rings. The third kappa shape index (κ3) is 2.60. The Labute approximate surface area is 97.9 Å². The zero-order chi connectivity index (χ0) is 12.3. The molecule has 17 heavy (non-hydrogen) atoms. The van der Waals surface area contributed by atoms with Crippen molar-refractivity contribution in [1.82, 2.24) is 0 Å². The lowest BCUT2D eigenvalue weighted by Gasteiger charge is -1.98. The van der Waals surface area contributed by atoms with Crippen LogP contribution in [-0.4, -0.2) is 11.3 Å². The molecule has 0 amide bonds. The van der Waals surface area contributed by atoms with Crippen LogP contribution in [0.15, 0.2) is 50.6 Å². The molecule has 0 atom stereocenters. The lowest BCUT2D eigenvalue weighted by atomic mass is 10.2. The van der Waals surface area contributed by atoms with Gasteiger partial charge >= 0.3 is 5.63 Å². The van der Waals surface area contributed by atoms with Crippen molar-refractivity contribution >= 4 is 11.9 Å². The fourth-order valence-electron chi connectivity index (χ4n) is 1.38. The Morgan fingerprint density at radius 3 is 2.65 bits per heavy atom. The summed E-state index contributed by atoms with van der Waals surface area (Å²) in [6.07, 6.45) is 1.30. The van der Waals surface area contributed by atoms with Crippen LogP contribution >= 0.6 is 0 Å². The van der Waals surface area contributed by atoms with Gasteiger partial charge in [0.05, 0.1) is 5.69 Å². The zero-order valence-electron chi connectivity index (χ0n) is 9.25. The number of aryl methyl sites for hydroxylation is 1. The summed E-state index contributed by atoms with van der Waals surface area (Å²) in [6, 6.07) is 10.5. The van der Waals surface area contributed by atoms with E-state index in [1.807, 2.05) is 18.2 Å². The lowest BCUT2D eigenvalue weighted by molar-refractivity contribution is 0.433. The second kappa shape index (κ2) is 4.65. The van der Waals surface area contributed by atoms with E-state index in [0.29, 0.717) is 11.4 Å². The van der Waals surface area contributed by atoms with E-state index in [-0.39, 0.29) is 11.3 Å². The van der Waals surface area contributed by atoms with Crippen molar-refractivity contribution in [3.63, 3.8) is 0 Å². The van der Waals surface area contributed by atoms with E-state index >= 15 is 0 Å². The first kappa shape index (κ1) is 11.1. The molecule has 0 aliphatic carbocycles. The largest absolute Gasteiger partial charge is 0.507 e. The third-order valence-corrected chi connectivity index (χ3v) is 2.19. The molecule has 4 nitrogen and oxygen atoms in total. The summed E-state index contributed by atoms with van der Waals surface area (Å²) in [5, 5.41) is 9.60. The van der Waals surface area contributed by atoms with Gasteiger partial charge in [-0.2, -0.15) is 0 Å². The van der Waals surface area contributed by atoms with Gasteiger partial charge in [-0.25, -0.2) is 4.79 Å². The molecule has 0 aliphatic heterocycles. The maximum Gasteiger partial charge on any atom is 0.348 e. The standard InChI is InChI=1S/C13H11NO3/c1-9-7-12(15)11(13(16)17-9)8-14-10-5-3-2-4-6-10/h2-8,15H,1H3. The molecule has 0 fully saturated rings. The summed E-state index contributed by atoms with van der Waals surface area (Å²) < 4.78 is 4.87. The van der Waals surface area contributed by atoms with Crippen LogP contribution in [0.5, 0.6) is 5.75 Å². The topological polar surface area (TPSA) is 62.8 Å². The maximum atomic E-state index is 11.5. The number of aromatic hydroxyl groups is 1. The van der Waals surface area contributed by atoms with Crippen LogP contribution in [0.4, 0.5) is 5.69 Å². The predicted molar refractivity (Wildman–Crippen MR) is 65.1 cm³/mol. The van der Waals surface area contributed by atoms with Crippen LogP contribution in [0.2, 0.25) is 0 Å². The summed E-state index contributed by atoms with van der Waals surface area (Å²) in [5.74, 6) is 0.239. The molecular formula is C13H11NO3. The minimum absolute atomic E-state index is 0.0550.